The average molecular weight is 211 g/mol. The molecule has 1 aliphatic rings. The fourth-order valence-corrected chi connectivity index (χ4v) is 1.95. The van der Waals surface area contributed by atoms with Gasteiger partial charge in [0.25, 0.3) is 0 Å². The summed E-state index contributed by atoms with van der Waals surface area (Å²) in [5.74, 6) is 0. The number of hydrogen-bond donors (Lipinski definition) is 1. The normalized spacial score (nSPS) is 18.3. The van der Waals surface area contributed by atoms with Crippen LogP contribution in [-0.4, -0.2) is 62.2 Å². The van der Waals surface area contributed by atoms with E-state index >= 15 is 0 Å². The molecule has 0 aromatic rings. The van der Waals surface area contributed by atoms with Gasteiger partial charge < -0.3 is 5.32 Å². The fourth-order valence-electron chi connectivity index (χ4n) is 1.95. The second-order valence-electron chi connectivity index (χ2n) is 4.42. The van der Waals surface area contributed by atoms with E-state index in [4.69, 9.17) is 0 Å². The third-order valence-corrected chi connectivity index (χ3v) is 2.88. The first-order chi connectivity index (χ1) is 7.22. The van der Waals surface area contributed by atoms with E-state index < -0.39 is 0 Å². The standard InChI is InChI=1S/C12H25N3/c1-4-14(11-12(2)3)9-10-15-7-5-13-6-8-15/h13H,2,4-11H2,1,3H3. The summed E-state index contributed by atoms with van der Waals surface area (Å²) < 4.78 is 0. The van der Waals surface area contributed by atoms with E-state index in [0.717, 1.165) is 26.2 Å². The highest BCUT2D eigenvalue weighted by atomic mass is 15.2. The molecule has 3 nitrogen and oxygen atoms in total. The van der Waals surface area contributed by atoms with Crippen LogP contribution in [-0.2, 0) is 0 Å². The lowest BCUT2D eigenvalue weighted by molar-refractivity contribution is 0.199. The summed E-state index contributed by atoms with van der Waals surface area (Å²) in [7, 11) is 0. The molecule has 0 aliphatic carbocycles. The quantitative estimate of drug-likeness (QED) is 0.655. The highest BCUT2D eigenvalue weighted by Gasteiger charge is 2.10. The second kappa shape index (κ2) is 6.99. The third kappa shape index (κ3) is 5.30. The number of nitrogens with one attached hydrogen (secondary N) is 1. The van der Waals surface area contributed by atoms with Crippen molar-refractivity contribution in [3.05, 3.63) is 12.2 Å². The van der Waals surface area contributed by atoms with Gasteiger partial charge in [-0.25, -0.2) is 0 Å². The highest BCUT2D eigenvalue weighted by Crippen LogP contribution is 1.98. The van der Waals surface area contributed by atoms with Gasteiger partial charge in [0, 0.05) is 45.8 Å². The Hall–Kier alpha value is -0.380. The monoisotopic (exact) mass is 211 g/mol. The molecule has 0 unspecified atom stereocenters. The van der Waals surface area contributed by atoms with Crippen molar-refractivity contribution in [2.75, 3.05) is 52.4 Å². The first-order valence-corrected chi connectivity index (χ1v) is 6.02. The van der Waals surface area contributed by atoms with Gasteiger partial charge in [-0.2, -0.15) is 0 Å². The Kier molecular flexibility index (Phi) is 5.91. The summed E-state index contributed by atoms with van der Waals surface area (Å²) in [6.45, 7) is 17.5. The van der Waals surface area contributed by atoms with Crippen LogP contribution in [0.2, 0.25) is 0 Å². The van der Waals surface area contributed by atoms with E-state index in [1.165, 1.54) is 31.8 Å². The van der Waals surface area contributed by atoms with Crippen LogP contribution >= 0.6 is 0 Å². The topological polar surface area (TPSA) is 18.5 Å². The molecule has 88 valence electrons. The molecule has 0 amide bonds. The largest absolute Gasteiger partial charge is 0.314 e. The maximum absolute atomic E-state index is 3.97. The summed E-state index contributed by atoms with van der Waals surface area (Å²) in [5.41, 5.74) is 1.26. The minimum atomic E-state index is 1.04. The van der Waals surface area contributed by atoms with E-state index in [1.54, 1.807) is 0 Å². The van der Waals surface area contributed by atoms with Crippen molar-refractivity contribution in [3.8, 4) is 0 Å². The van der Waals surface area contributed by atoms with Crippen molar-refractivity contribution in [1.29, 1.82) is 0 Å². The fraction of sp³-hybridized carbons (Fsp3) is 0.833. The van der Waals surface area contributed by atoms with E-state index in [0.29, 0.717) is 0 Å². The minimum absolute atomic E-state index is 1.04. The van der Waals surface area contributed by atoms with Gasteiger partial charge in [0.05, 0.1) is 0 Å². The van der Waals surface area contributed by atoms with E-state index in [2.05, 4.69) is 35.5 Å². The molecule has 1 rings (SSSR count). The van der Waals surface area contributed by atoms with Crippen molar-refractivity contribution in [3.63, 3.8) is 0 Å². The molecule has 1 N–H and O–H groups in total. The van der Waals surface area contributed by atoms with Gasteiger partial charge in [-0.05, 0) is 13.5 Å². The van der Waals surface area contributed by atoms with E-state index in [-0.39, 0.29) is 0 Å². The smallest absolute Gasteiger partial charge is 0.0187 e. The Labute approximate surface area is 94.1 Å². The minimum Gasteiger partial charge on any atom is -0.314 e. The van der Waals surface area contributed by atoms with Gasteiger partial charge in [0.2, 0.25) is 0 Å². The zero-order valence-electron chi connectivity index (χ0n) is 10.3. The van der Waals surface area contributed by atoms with E-state index in [9.17, 15) is 0 Å². The van der Waals surface area contributed by atoms with Gasteiger partial charge in [-0.1, -0.05) is 19.1 Å². The lowest BCUT2D eigenvalue weighted by Crippen LogP contribution is -2.46. The van der Waals surface area contributed by atoms with Crippen LogP contribution in [0, 0.1) is 0 Å². The molecule has 15 heavy (non-hydrogen) atoms. The molecular weight excluding hydrogens is 186 g/mol. The molecule has 0 aromatic heterocycles. The van der Waals surface area contributed by atoms with Crippen molar-refractivity contribution in [1.82, 2.24) is 15.1 Å². The Bertz CT molecular complexity index is 185. The molecule has 0 atom stereocenters. The van der Waals surface area contributed by atoms with Crippen LogP contribution in [0.15, 0.2) is 12.2 Å². The third-order valence-electron chi connectivity index (χ3n) is 2.88. The highest BCUT2D eigenvalue weighted by molar-refractivity contribution is 4.91. The van der Waals surface area contributed by atoms with Gasteiger partial charge in [-0.3, -0.25) is 9.80 Å². The van der Waals surface area contributed by atoms with Gasteiger partial charge in [0.1, 0.15) is 0 Å². The number of piperazine rings is 1. The SMILES string of the molecule is C=C(C)CN(CC)CCN1CCNCC1. The second-order valence-corrected chi connectivity index (χ2v) is 4.42. The van der Waals surface area contributed by atoms with Crippen LogP contribution in [0.4, 0.5) is 0 Å². The number of hydrogen-bond acceptors (Lipinski definition) is 3. The Morgan fingerprint density at radius 1 is 1.40 bits per heavy atom. The summed E-state index contributed by atoms with van der Waals surface area (Å²) in [4.78, 5) is 5.00. The molecule has 1 saturated heterocycles. The number of nitrogens with zero attached hydrogens (tertiary/aromatic N) is 2. The molecule has 1 fully saturated rings. The summed E-state index contributed by atoms with van der Waals surface area (Å²) in [6.07, 6.45) is 0. The molecule has 0 aromatic carbocycles. The molecule has 0 radical (unpaired) electrons. The molecule has 0 spiro atoms. The van der Waals surface area contributed by atoms with Gasteiger partial charge in [0.15, 0.2) is 0 Å². The van der Waals surface area contributed by atoms with Crippen LogP contribution < -0.4 is 5.32 Å². The van der Waals surface area contributed by atoms with Crippen LogP contribution in [0.25, 0.3) is 0 Å². The molecule has 0 saturated carbocycles. The van der Waals surface area contributed by atoms with Crippen molar-refractivity contribution < 1.29 is 0 Å². The first kappa shape index (κ1) is 12.7. The molecule has 3 heteroatoms. The van der Waals surface area contributed by atoms with Crippen molar-refractivity contribution >= 4 is 0 Å². The predicted octanol–water partition coefficient (Wildman–Crippen LogP) is 0.790. The van der Waals surface area contributed by atoms with Gasteiger partial charge in [-0.15, -0.1) is 0 Å². The van der Waals surface area contributed by atoms with Crippen LogP contribution in [0.5, 0.6) is 0 Å². The van der Waals surface area contributed by atoms with Crippen molar-refractivity contribution in [2.24, 2.45) is 0 Å². The summed E-state index contributed by atoms with van der Waals surface area (Å²) >= 11 is 0. The first-order valence-electron chi connectivity index (χ1n) is 6.02. The Morgan fingerprint density at radius 3 is 2.60 bits per heavy atom. The molecular formula is C12H25N3. The number of rotatable bonds is 6. The zero-order valence-corrected chi connectivity index (χ0v) is 10.3. The van der Waals surface area contributed by atoms with Crippen LogP contribution in [0.1, 0.15) is 13.8 Å². The molecule has 0 bridgehead atoms. The van der Waals surface area contributed by atoms with E-state index in [1.807, 2.05) is 0 Å². The maximum atomic E-state index is 3.97. The average Bonchev–Trinajstić information content (AvgIpc) is 2.25. The molecule has 1 heterocycles. The maximum Gasteiger partial charge on any atom is 0.0187 e. The Morgan fingerprint density at radius 2 is 2.07 bits per heavy atom. The predicted molar refractivity (Wildman–Crippen MR) is 66.2 cm³/mol. The molecule has 1 aliphatic heterocycles. The lowest BCUT2D eigenvalue weighted by atomic mass is 10.3. The van der Waals surface area contributed by atoms with Crippen LogP contribution in [0.3, 0.4) is 0 Å². The lowest BCUT2D eigenvalue weighted by Gasteiger charge is -2.30. The Balaban J connectivity index is 2.17. The summed E-state index contributed by atoms with van der Waals surface area (Å²) in [5, 5.41) is 3.38. The van der Waals surface area contributed by atoms with Gasteiger partial charge >= 0.3 is 0 Å². The summed E-state index contributed by atoms with van der Waals surface area (Å²) in [6, 6.07) is 0. The number of likely N-dealkylation sites (N-methyl/N-ethyl adjacent to an activating group) is 1. The zero-order chi connectivity index (χ0) is 11.1. The van der Waals surface area contributed by atoms with Crippen molar-refractivity contribution in [2.45, 2.75) is 13.8 Å².